The molecule has 1 aromatic carbocycles. The Balaban J connectivity index is 1.73. The maximum Gasteiger partial charge on any atom is 0.241 e. The maximum absolute atomic E-state index is 12.9. The number of nitrogens with one attached hydrogen (secondary N) is 1. The van der Waals surface area contributed by atoms with Gasteiger partial charge in [0.05, 0.1) is 17.9 Å². The summed E-state index contributed by atoms with van der Waals surface area (Å²) in [6.07, 6.45) is 7.48. The van der Waals surface area contributed by atoms with Crippen LogP contribution in [0.15, 0.2) is 48.8 Å². The number of aromatic nitrogens is 1. The molecule has 1 aliphatic heterocycles. The van der Waals surface area contributed by atoms with Gasteiger partial charge in [-0.05, 0) is 56.5 Å². The third-order valence-corrected chi connectivity index (χ3v) is 5.02. The van der Waals surface area contributed by atoms with Gasteiger partial charge in [-0.25, -0.2) is 0 Å². The molecule has 2 aromatic rings. The van der Waals surface area contributed by atoms with Gasteiger partial charge in [-0.3, -0.25) is 14.7 Å². The number of likely N-dealkylation sites (tertiary alicyclic amines) is 1. The number of hydrogen-bond acceptors (Lipinski definition) is 4. The van der Waals surface area contributed by atoms with E-state index in [2.05, 4.69) is 29.0 Å². The smallest absolute Gasteiger partial charge is 0.241 e. The van der Waals surface area contributed by atoms with Crippen molar-refractivity contribution in [3.8, 4) is 11.5 Å². The molecule has 1 atom stereocenters. The monoisotopic (exact) mass is 353 g/mol. The van der Waals surface area contributed by atoms with Crippen LogP contribution in [0, 0.1) is 0 Å². The Bertz CT molecular complexity index is 716. The van der Waals surface area contributed by atoms with E-state index < -0.39 is 0 Å². The molecule has 0 saturated carbocycles. The number of ether oxygens (including phenoxy) is 1. The van der Waals surface area contributed by atoms with E-state index >= 15 is 0 Å². The first-order valence-electron chi connectivity index (χ1n) is 9.46. The van der Waals surface area contributed by atoms with E-state index in [0.717, 1.165) is 32.2 Å². The first kappa shape index (κ1) is 18.4. The Labute approximate surface area is 155 Å². The van der Waals surface area contributed by atoms with Crippen LogP contribution in [0.5, 0.6) is 11.5 Å². The molecule has 0 unspecified atom stereocenters. The van der Waals surface area contributed by atoms with E-state index in [0.29, 0.717) is 23.2 Å². The summed E-state index contributed by atoms with van der Waals surface area (Å²) >= 11 is 0. The molecule has 1 N–H and O–H groups in total. The Morgan fingerprint density at radius 3 is 2.81 bits per heavy atom. The fourth-order valence-electron chi connectivity index (χ4n) is 3.67. The third-order valence-electron chi connectivity index (χ3n) is 5.02. The average molecular weight is 353 g/mol. The Morgan fingerprint density at radius 2 is 2.08 bits per heavy atom. The Hall–Kier alpha value is -2.40. The fourth-order valence-corrected chi connectivity index (χ4v) is 3.67. The van der Waals surface area contributed by atoms with Crippen LogP contribution in [0.25, 0.3) is 0 Å². The van der Waals surface area contributed by atoms with Crippen LogP contribution in [0.1, 0.15) is 39.5 Å². The number of carbonyl (C=O) groups is 1. The lowest BCUT2D eigenvalue weighted by Gasteiger charge is -2.31. The van der Waals surface area contributed by atoms with E-state index in [1.807, 2.05) is 36.4 Å². The van der Waals surface area contributed by atoms with Crippen molar-refractivity contribution in [2.75, 3.05) is 11.9 Å². The summed E-state index contributed by atoms with van der Waals surface area (Å²) in [6, 6.07) is 11.6. The molecule has 1 amide bonds. The van der Waals surface area contributed by atoms with E-state index in [4.69, 9.17) is 4.74 Å². The molecule has 138 valence electrons. The summed E-state index contributed by atoms with van der Waals surface area (Å²) in [7, 11) is 0. The maximum atomic E-state index is 12.9. The fraction of sp³-hybridized carbons (Fsp3) is 0.429. The van der Waals surface area contributed by atoms with E-state index in [1.54, 1.807) is 12.4 Å². The molecule has 1 fully saturated rings. The van der Waals surface area contributed by atoms with Crippen LogP contribution in [0.3, 0.4) is 0 Å². The number of nitrogens with zero attached hydrogens (tertiary/aromatic N) is 2. The van der Waals surface area contributed by atoms with Crippen LogP contribution in [-0.4, -0.2) is 34.4 Å². The van der Waals surface area contributed by atoms with Gasteiger partial charge in [0.2, 0.25) is 5.91 Å². The molecule has 0 aliphatic carbocycles. The quantitative estimate of drug-likeness (QED) is 0.798. The van der Waals surface area contributed by atoms with Gasteiger partial charge in [0, 0.05) is 12.2 Å². The lowest BCUT2D eigenvalue weighted by atomic mass is 10.1. The zero-order valence-corrected chi connectivity index (χ0v) is 15.5. The van der Waals surface area contributed by atoms with Gasteiger partial charge in [0.25, 0.3) is 0 Å². The third kappa shape index (κ3) is 4.22. The molecule has 1 saturated heterocycles. The van der Waals surface area contributed by atoms with Crippen molar-refractivity contribution in [3.63, 3.8) is 0 Å². The SMILES string of the molecule is CCC(CC)N1CCC[C@@H]1C(=O)Nc1ccccc1Oc1cccnc1. The molecule has 0 radical (unpaired) electrons. The van der Waals surface area contributed by atoms with Gasteiger partial charge in [-0.2, -0.15) is 0 Å². The molecule has 26 heavy (non-hydrogen) atoms. The molecular weight excluding hydrogens is 326 g/mol. The lowest BCUT2D eigenvalue weighted by Crippen LogP contribution is -2.45. The molecule has 1 aliphatic rings. The summed E-state index contributed by atoms with van der Waals surface area (Å²) in [5, 5.41) is 3.08. The number of benzene rings is 1. The largest absolute Gasteiger partial charge is 0.454 e. The van der Waals surface area contributed by atoms with Crippen LogP contribution in [0.4, 0.5) is 5.69 Å². The van der Waals surface area contributed by atoms with E-state index in [-0.39, 0.29) is 11.9 Å². The minimum Gasteiger partial charge on any atom is -0.454 e. The summed E-state index contributed by atoms with van der Waals surface area (Å²) < 4.78 is 5.90. The first-order chi connectivity index (χ1) is 12.7. The van der Waals surface area contributed by atoms with Gasteiger partial charge in [0.15, 0.2) is 5.75 Å². The molecule has 2 heterocycles. The minimum absolute atomic E-state index is 0.0524. The van der Waals surface area contributed by atoms with Gasteiger partial charge in [-0.15, -0.1) is 0 Å². The number of amides is 1. The number of hydrogen-bond donors (Lipinski definition) is 1. The van der Waals surface area contributed by atoms with Gasteiger partial charge >= 0.3 is 0 Å². The lowest BCUT2D eigenvalue weighted by molar-refractivity contribution is -0.121. The number of carbonyl (C=O) groups excluding carboxylic acids is 1. The van der Waals surface area contributed by atoms with Crippen LogP contribution >= 0.6 is 0 Å². The second kappa shape index (κ2) is 8.81. The van der Waals surface area contributed by atoms with Gasteiger partial charge in [-0.1, -0.05) is 26.0 Å². The van der Waals surface area contributed by atoms with Crippen molar-refractivity contribution in [3.05, 3.63) is 48.8 Å². The summed E-state index contributed by atoms with van der Waals surface area (Å²) in [5.41, 5.74) is 0.692. The standard InChI is InChI=1S/C21H27N3O2/c1-3-16(4-2)24-14-8-11-19(24)21(25)23-18-10-5-6-12-20(18)26-17-9-7-13-22-15-17/h5-7,9-10,12-13,15-16,19H,3-4,8,11,14H2,1-2H3,(H,23,25)/t19-/m1/s1. The summed E-state index contributed by atoms with van der Waals surface area (Å²) in [5.74, 6) is 1.33. The van der Waals surface area contributed by atoms with E-state index in [9.17, 15) is 4.79 Å². The van der Waals surface area contributed by atoms with Crippen molar-refractivity contribution in [2.24, 2.45) is 0 Å². The van der Waals surface area contributed by atoms with Crippen molar-refractivity contribution < 1.29 is 9.53 Å². The van der Waals surface area contributed by atoms with Crippen molar-refractivity contribution in [2.45, 2.75) is 51.6 Å². The summed E-state index contributed by atoms with van der Waals surface area (Å²) in [4.78, 5) is 19.4. The number of pyridine rings is 1. The van der Waals surface area contributed by atoms with Gasteiger partial charge < -0.3 is 10.1 Å². The second-order valence-corrected chi connectivity index (χ2v) is 6.64. The number of anilines is 1. The predicted octanol–water partition coefficient (Wildman–Crippen LogP) is 4.47. The second-order valence-electron chi connectivity index (χ2n) is 6.64. The van der Waals surface area contributed by atoms with Crippen molar-refractivity contribution in [1.29, 1.82) is 0 Å². The molecule has 0 spiro atoms. The number of para-hydroxylation sites is 2. The normalized spacial score (nSPS) is 17.4. The Kier molecular flexibility index (Phi) is 6.23. The highest BCUT2D eigenvalue weighted by Crippen LogP contribution is 2.30. The molecule has 0 bridgehead atoms. The van der Waals surface area contributed by atoms with Gasteiger partial charge in [0.1, 0.15) is 5.75 Å². The van der Waals surface area contributed by atoms with Crippen molar-refractivity contribution in [1.82, 2.24) is 9.88 Å². The number of rotatable bonds is 7. The van der Waals surface area contributed by atoms with Crippen LogP contribution in [-0.2, 0) is 4.79 Å². The first-order valence-corrected chi connectivity index (χ1v) is 9.46. The topological polar surface area (TPSA) is 54.5 Å². The highest BCUT2D eigenvalue weighted by atomic mass is 16.5. The van der Waals surface area contributed by atoms with E-state index in [1.165, 1.54) is 0 Å². The average Bonchev–Trinajstić information content (AvgIpc) is 3.15. The molecule has 1 aromatic heterocycles. The molecule has 3 rings (SSSR count). The van der Waals surface area contributed by atoms with Crippen LogP contribution in [0.2, 0.25) is 0 Å². The minimum atomic E-state index is -0.0636. The van der Waals surface area contributed by atoms with Crippen molar-refractivity contribution >= 4 is 11.6 Å². The highest BCUT2D eigenvalue weighted by molar-refractivity contribution is 5.96. The molecule has 5 nitrogen and oxygen atoms in total. The zero-order chi connectivity index (χ0) is 18.4. The Morgan fingerprint density at radius 1 is 1.27 bits per heavy atom. The zero-order valence-electron chi connectivity index (χ0n) is 15.5. The highest BCUT2D eigenvalue weighted by Gasteiger charge is 2.34. The molecular formula is C21H27N3O2. The van der Waals surface area contributed by atoms with Crippen LogP contribution < -0.4 is 10.1 Å². The molecule has 5 heteroatoms. The predicted molar refractivity (Wildman–Crippen MR) is 103 cm³/mol. The summed E-state index contributed by atoms with van der Waals surface area (Å²) in [6.45, 7) is 5.38.